The summed E-state index contributed by atoms with van der Waals surface area (Å²) in [6.45, 7) is 0.391. The number of pyridine rings is 2. The minimum absolute atomic E-state index is 0.0996. The lowest BCUT2D eigenvalue weighted by Gasteiger charge is -2.07. The monoisotopic (exact) mass is 357 g/mol. The number of rotatable bonds is 2. The lowest BCUT2D eigenvalue weighted by atomic mass is 10.3. The lowest BCUT2D eigenvalue weighted by Crippen LogP contribution is -2.21. The highest BCUT2D eigenvalue weighted by atomic mass is 79.9. The third-order valence-electron chi connectivity index (χ3n) is 2.17. The number of nitrogens with zero attached hydrogens (tertiary/aromatic N) is 2. The molecule has 0 unspecified atom stereocenters. The SMILES string of the molecule is Nc1cccc(Cn2cc(Br)cc(Br)c2=O)n1. The van der Waals surface area contributed by atoms with Crippen molar-refractivity contribution in [1.29, 1.82) is 0 Å². The van der Waals surface area contributed by atoms with Gasteiger partial charge in [0.1, 0.15) is 5.82 Å². The van der Waals surface area contributed by atoms with E-state index in [0.29, 0.717) is 16.8 Å². The van der Waals surface area contributed by atoms with Gasteiger partial charge in [-0.05, 0) is 50.1 Å². The summed E-state index contributed by atoms with van der Waals surface area (Å²) in [6, 6.07) is 7.07. The Morgan fingerprint density at radius 3 is 2.82 bits per heavy atom. The first-order chi connectivity index (χ1) is 8.06. The van der Waals surface area contributed by atoms with Crippen LogP contribution in [-0.2, 0) is 6.54 Å². The summed E-state index contributed by atoms with van der Waals surface area (Å²) in [6.07, 6.45) is 1.72. The van der Waals surface area contributed by atoms with Crippen molar-refractivity contribution in [2.75, 3.05) is 5.73 Å². The molecule has 0 amide bonds. The van der Waals surface area contributed by atoms with E-state index in [9.17, 15) is 4.79 Å². The molecule has 6 heteroatoms. The average molecular weight is 359 g/mol. The molecular formula is C11H9Br2N3O. The molecule has 0 aliphatic rings. The van der Waals surface area contributed by atoms with Crippen LogP contribution in [0.15, 0.2) is 44.2 Å². The molecule has 0 fully saturated rings. The average Bonchev–Trinajstić information content (AvgIpc) is 2.25. The van der Waals surface area contributed by atoms with E-state index in [2.05, 4.69) is 36.8 Å². The third kappa shape index (κ3) is 2.95. The number of aromatic nitrogens is 2. The van der Waals surface area contributed by atoms with Gasteiger partial charge < -0.3 is 10.3 Å². The van der Waals surface area contributed by atoms with Crippen molar-refractivity contribution in [2.24, 2.45) is 0 Å². The normalized spacial score (nSPS) is 10.5. The predicted molar refractivity (Wildman–Crippen MR) is 73.9 cm³/mol. The molecule has 2 N–H and O–H groups in total. The van der Waals surface area contributed by atoms with Crippen LogP contribution in [-0.4, -0.2) is 9.55 Å². The number of hydrogen-bond acceptors (Lipinski definition) is 3. The fourth-order valence-electron chi connectivity index (χ4n) is 1.44. The van der Waals surface area contributed by atoms with Crippen LogP contribution >= 0.6 is 31.9 Å². The Kier molecular flexibility index (Phi) is 3.63. The summed E-state index contributed by atoms with van der Waals surface area (Å²) in [5.74, 6) is 0.449. The largest absolute Gasteiger partial charge is 0.384 e. The molecule has 0 saturated heterocycles. The van der Waals surface area contributed by atoms with Crippen molar-refractivity contribution < 1.29 is 0 Å². The summed E-state index contributed by atoms with van der Waals surface area (Å²) in [5.41, 5.74) is 6.24. The van der Waals surface area contributed by atoms with Gasteiger partial charge in [0.15, 0.2) is 0 Å². The Hall–Kier alpha value is -1.14. The summed E-state index contributed by atoms with van der Waals surface area (Å²) < 4.78 is 2.90. The Labute approximate surface area is 115 Å². The van der Waals surface area contributed by atoms with Crippen molar-refractivity contribution in [1.82, 2.24) is 9.55 Å². The number of anilines is 1. The van der Waals surface area contributed by atoms with E-state index in [4.69, 9.17) is 5.73 Å². The van der Waals surface area contributed by atoms with E-state index in [1.54, 1.807) is 22.9 Å². The van der Waals surface area contributed by atoms with Gasteiger partial charge in [-0.1, -0.05) is 6.07 Å². The van der Waals surface area contributed by atoms with Gasteiger partial charge in [0.05, 0.1) is 16.7 Å². The van der Waals surface area contributed by atoms with E-state index in [-0.39, 0.29) is 5.56 Å². The second-order valence-corrected chi connectivity index (χ2v) is 5.26. The summed E-state index contributed by atoms with van der Waals surface area (Å²) >= 11 is 6.56. The van der Waals surface area contributed by atoms with E-state index in [1.807, 2.05) is 12.1 Å². The van der Waals surface area contributed by atoms with Gasteiger partial charge in [0.25, 0.3) is 5.56 Å². The van der Waals surface area contributed by atoms with Crippen LogP contribution in [0.3, 0.4) is 0 Å². The zero-order valence-corrected chi connectivity index (χ0v) is 11.9. The second-order valence-electron chi connectivity index (χ2n) is 3.49. The van der Waals surface area contributed by atoms with Crippen LogP contribution in [0.5, 0.6) is 0 Å². The lowest BCUT2D eigenvalue weighted by molar-refractivity contribution is 0.734. The minimum atomic E-state index is -0.0996. The predicted octanol–water partition coefficient (Wildman–Crippen LogP) is 2.40. The fraction of sp³-hybridized carbons (Fsp3) is 0.0909. The first-order valence-corrected chi connectivity index (χ1v) is 6.42. The highest BCUT2D eigenvalue weighted by Gasteiger charge is 2.04. The molecule has 2 aromatic rings. The summed E-state index contributed by atoms with van der Waals surface area (Å²) in [7, 11) is 0. The summed E-state index contributed by atoms with van der Waals surface area (Å²) in [5, 5.41) is 0. The van der Waals surface area contributed by atoms with E-state index >= 15 is 0 Å². The van der Waals surface area contributed by atoms with E-state index < -0.39 is 0 Å². The maximum Gasteiger partial charge on any atom is 0.265 e. The van der Waals surface area contributed by atoms with Crippen LogP contribution < -0.4 is 11.3 Å². The van der Waals surface area contributed by atoms with Crippen LogP contribution in [0, 0.1) is 0 Å². The van der Waals surface area contributed by atoms with Gasteiger partial charge in [0.2, 0.25) is 0 Å². The molecule has 0 saturated carbocycles. The second kappa shape index (κ2) is 5.01. The van der Waals surface area contributed by atoms with Crippen LogP contribution in [0.1, 0.15) is 5.69 Å². The molecule has 0 aliphatic carbocycles. The van der Waals surface area contributed by atoms with Gasteiger partial charge in [0, 0.05) is 10.7 Å². The Balaban J connectivity index is 2.40. The molecule has 4 nitrogen and oxygen atoms in total. The molecule has 2 heterocycles. The van der Waals surface area contributed by atoms with Crippen LogP contribution in [0.4, 0.5) is 5.82 Å². The third-order valence-corrected chi connectivity index (χ3v) is 3.17. The molecule has 0 atom stereocenters. The topological polar surface area (TPSA) is 60.9 Å². The molecule has 2 aromatic heterocycles. The zero-order chi connectivity index (χ0) is 12.4. The number of nitrogens with two attached hydrogens (primary N) is 1. The molecular weight excluding hydrogens is 350 g/mol. The van der Waals surface area contributed by atoms with Gasteiger partial charge in [-0.2, -0.15) is 0 Å². The highest BCUT2D eigenvalue weighted by molar-refractivity contribution is 9.11. The van der Waals surface area contributed by atoms with Crippen molar-refractivity contribution >= 4 is 37.7 Å². The number of nitrogen functional groups attached to an aromatic ring is 1. The van der Waals surface area contributed by atoms with Gasteiger partial charge in [-0.15, -0.1) is 0 Å². The minimum Gasteiger partial charge on any atom is -0.384 e. The fourth-order valence-corrected chi connectivity index (χ4v) is 2.70. The van der Waals surface area contributed by atoms with Crippen molar-refractivity contribution in [2.45, 2.75) is 6.54 Å². The zero-order valence-electron chi connectivity index (χ0n) is 8.73. The van der Waals surface area contributed by atoms with E-state index in [1.165, 1.54) is 0 Å². The van der Waals surface area contributed by atoms with Gasteiger partial charge in [-0.25, -0.2) is 4.98 Å². The standard InChI is InChI=1S/C11H9Br2N3O/c12-7-4-9(13)11(17)16(5-7)6-8-2-1-3-10(14)15-8/h1-5H,6H2,(H2,14,15). The first kappa shape index (κ1) is 12.3. The van der Waals surface area contributed by atoms with Gasteiger partial charge in [-0.3, -0.25) is 4.79 Å². The maximum atomic E-state index is 11.8. The molecule has 17 heavy (non-hydrogen) atoms. The van der Waals surface area contributed by atoms with Crippen LogP contribution in [0.2, 0.25) is 0 Å². The molecule has 0 aliphatic heterocycles. The highest BCUT2D eigenvalue weighted by Crippen LogP contribution is 2.13. The van der Waals surface area contributed by atoms with Crippen LogP contribution in [0.25, 0.3) is 0 Å². The Morgan fingerprint density at radius 1 is 1.35 bits per heavy atom. The van der Waals surface area contributed by atoms with E-state index in [0.717, 1.165) is 10.2 Å². The van der Waals surface area contributed by atoms with Crippen molar-refractivity contribution in [3.8, 4) is 0 Å². The first-order valence-electron chi connectivity index (χ1n) is 4.83. The molecule has 0 aromatic carbocycles. The molecule has 0 spiro atoms. The quantitative estimate of drug-likeness (QED) is 0.896. The number of hydrogen-bond donors (Lipinski definition) is 1. The van der Waals surface area contributed by atoms with Crippen molar-refractivity contribution in [3.05, 3.63) is 55.5 Å². The Morgan fingerprint density at radius 2 is 2.12 bits per heavy atom. The number of halogens is 2. The summed E-state index contributed by atoms with van der Waals surface area (Å²) in [4.78, 5) is 16.0. The van der Waals surface area contributed by atoms with Crippen molar-refractivity contribution in [3.63, 3.8) is 0 Å². The maximum absolute atomic E-state index is 11.8. The molecule has 88 valence electrons. The Bertz CT molecular complexity index is 610. The van der Waals surface area contributed by atoms with Gasteiger partial charge >= 0.3 is 0 Å². The molecule has 2 rings (SSSR count). The molecule has 0 bridgehead atoms. The molecule has 0 radical (unpaired) electrons. The smallest absolute Gasteiger partial charge is 0.265 e.